The summed E-state index contributed by atoms with van der Waals surface area (Å²) < 4.78 is 0. The van der Waals surface area contributed by atoms with Crippen molar-refractivity contribution in [3.63, 3.8) is 0 Å². The average molecular weight is 245 g/mol. The molecule has 0 amide bonds. The predicted molar refractivity (Wildman–Crippen MR) is 59.6 cm³/mol. The second kappa shape index (κ2) is 4.03. The highest BCUT2D eigenvalue weighted by atomic mass is 35.5. The quantitative estimate of drug-likeness (QED) is 0.883. The molecular formula is C11H10Cl2O2. The van der Waals surface area contributed by atoms with Crippen molar-refractivity contribution < 1.29 is 9.90 Å². The average Bonchev–Trinajstić information content (AvgIpc) is 2.85. The van der Waals surface area contributed by atoms with Crippen LogP contribution in [0.25, 0.3) is 0 Å². The lowest BCUT2D eigenvalue weighted by atomic mass is 9.94. The standard InChI is InChI=1S/C11H10Cl2O2/c12-8-3-7(4-9(13)5-8)10(11(14)15)6-1-2-6/h3-6,10H,1-2H2,(H,14,15). The molecule has 15 heavy (non-hydrogen) atoms. The lowest BCUT2D eigenvalue weighted by molar-refractivity contribution is -0.139. The lowest BCUT2D eigenvalue weighted by Crippen LogP contribution is -2.13. The highest BCUT2D eigenvalue weighted by Gasteiger charge is 2.37. The number of benzene rings is 1. The third kappa shape index (κ3) is 2.44. The van der Waals surface area contributed by atoms with Crippen molar-refractivity contribution in [3.8, 4) is 0 Å². The molecule has 0 spiro atoms. The van der Waals surface area contributed by atoms with Crippen LogP contribution >= 0.6 is 23.2 Å². The van der Waals surface area contributed by atoms with Gasteiger partial charge in [0.05, 0.1) is 5.92 Å². The highest BCUT2D eigenvalue weighted by Crippen LogP contribution is 2.43. The Bertz CT molecular complexity index is 379. The summed E-state index contributed by atoms with van der Waals surface area (Å²) in [5.41, 5.74) is 0.711. The number of halogens is 2. The van der Waals surface area contributed by atoms with Gasteiger partial charge < -0.3 is 5.11 Å². The molecular weight excluding hydrogens is 235 g/mol. The fraction of sp³-hybridized carbons (Fsp3) is 0.364. The summed E-state index contributed by atoms with van der Waals surface area (Å²) in [5.74, 6) is -1.01. The van der Waals surface area contributed by atoms with Crippen molar-refractivity contribution in [2.24, 2.45) is 5.92 Å². The van der Waals surface area contributed by atoms with Crippen molar-refractivity contribution in [1.82, 2.24) is 0 Å². The van der Waals surface area contributed by atoms with E-state index in [2.05, 4.69) is 0 Å². The van der Waals surface area contributed by atoms with Gasteiger partial charge in [-0.1, -0.05) is 23.2 Å². The van der Waals surface area contributed by atoms with Gasteiger partial charge in [-0.2, -0.15) is 0 Å². The first-order valence-electron chi connectivity index (χ1n) is 4.76. The molecule has 1 aliphatic carbocycles. The van der Waals surface area contributed by atoms with Gasteiger partial charge in [-0.25, -0.2) is 0 Å². The Morgan fingerprint density at radius 3 is 2.20 bits per heavy atom. The van der Waals surface area contributed by atoms with Crippen molar-refractivity contribution >= 4 is 29.2 Å². The monoisotopic (exact) mass is 244 g/mol. The number of carboxylic acid groups (broad SMARTS) is 1. The van der Waals surface area contributed by atoms with Crippen molar-refractivity contribution in [2.45, 2.75) is 18.8 Å². The van der Waals surface area contributed by atoms with Gasteiger partial charge in [-0.3, -0.25) is 4.79 Å². The van der Waals surface area contributed by atoms with Crippen LogP contribution in [0.1, 0.15) is 24.3 Å². The Labute approximate surface area is 97.8 Å². The van der Waals surface area contributed by atoms with Crippen LogP contribution in [0.5, 0.6) is 0 Å². The fourth-order valence-corrected chi connectivity index (χ4v) is 2.34. The Hall–Kier alpha value is -0.730. The number of rotatable bonds is 3. The fourth-order valence-electron chi connectivity index (χ4n) is 1.80. The van der Waals surface area contributed by atoms with Crippen LogP contribution in [-0.2, 0) is 4.79 Å². The molecule has 2 rings (SSSR count). The molecule has 1 unspecified atom stereocenters. The maximum atomic E-state index is 11.1. The van der Waals surface area contributed by atoms with Gasteiger partial charge in [0.15, 0.2) is 0 Å². The largest absolute Gasteiger partial charge is 0.481 e. The van der Waals surface area contributed by atoms with Gasteiger partial charge in [0, 0.05) is 10.0 Å². The van der Waals surface area contributed by atoms with Crippen molar-refractivity contribution in [1.29, 1.82) is 0 Å². The Morgan fingerprint density at radius 1 is 1.27 bits per heavy atom. The van der Waals surface area contributed by atoms with Crippen LogP contribution in [0, 0.1) is 5.92 Å². The SMILES string of the molecule is O=C(O)C(c1cc(Cl)cc(Cl)c1)C1CC1. The summed E-state index contributed by atoms with van der Waals surface area (Å²) in [7, 11) is 0. The van der Waals surface area contributed by atoms with E-state index in [9.17, 15) is 4.79 Å². The molecule has 1 aliphatic rings. The zero-order valence-corrected chi connectivity index (χ0v) is 9.42. The number of hydrogen-bond donors (Lipinski definition) is 1. The molecule has 0 heterocycles. The van der Waals surface area contributed by atoms with Crippen LogP contribution in [0.3, 0.4) is 0 Å². The maximum absolute atomic E-state index is 11.1. The third-order valence-electron chi connectivity index (χ3n) is 2.60. The minimum atomic E-state index is -0.796. The predicted octanol–water partition coefficient (Wildman–Crippen LogP) is 3.57. The van der Waals surface area contributed by atoms with Crippen LogP contribution in [0.2, 0.25) is 10.0 Å². The van der Waals surface area contributed by atoms with Gasteiger partial charge in [-0.15, -0.1) is 0 Å². The van der Waals surface area contributed by atoms with E-state index in [0.29, 0.717) is 15.6 Å². The van der Waals surface area contributed by atoms with Gasteiger partial charge in [0.2, 0.25) is 0 Å². The zero-order chi connectivity index (χ0) is 11.0. The van der Waals surface area contributed by atoms with Gasteiger partial charge in [-0.05, 0) is 42.5 Å². The molecule has 4 heteroatoms. The number of hydrogen-bond acceptors (Lipinski definition) is 1. The summed E-state index contributed by atoms with van der Waals surface area (Å²) in [6.45, 7) is 0. The van der Waals surface area contributed by atoms with Crippen molar-refractivity contribution in [2.75, 3.05) is 0 Å². The van der Waals surface area contributed by atoms with Gasteiger partial charge in [0.25, 0.3) is 0 Å². The molecule has 1 aromatic carbocycles. The van der Waals surface area contributed by atoms with E-state index >= 15 is 0 Å². The molecule has 1 saturated carbocycles. The first-order valence-corrected chi connectivity index (χ1v) is 5.52. The number of aliphatic carboxylic acids is 1. The summed E-state index contributed by atoms with van der Waals surface area (Å²) in [5, 5.41) is 10.1. The third-order valence-corrected chi connectivity index (χ3v) is 3.04. The molecule has 1 fully saturated rings. The first kappa shape index (κ1) is 10.8. The molecule has 0 aromatic heterocycles. The lowest BCUT2D eigenvalue weighted by Gasteiger charge is -2.12. The number of carboxylic acids is 1. The van der Waals surface area contributed by atoms with E-state index in [1.807, 2.05) is 0 Å². The Morgan fingerprint density at radius 2 is 1.80 bits per heavy atom. The van der Waals surface area contributed by atoms with E-state index in [4.69, 9.17) is 28.3 Å². The second-order valence-corrected chi connectivity index (χ2v) is 4.73. The van der Waals surface area contributed by atoms with Crippen LogP contribution in [-0.4, -0.2) is 11.1 Å². The summed E-state index contributed by atoms with van der Waals surface area (Å²) in [6.07, 6.45) is 1.95. The van der Waals surface area contributed by atoms with Crippen LogP contribution in [0.15, 0.2) is 18.2 Å². The molecule has 2 nitrogen and oxygen atoms in total. The Balaban J connectivity index is 2.36. The molecule has 80 valence electrons. The second-order valence-electron chi connectivity index (χ2n) is 3.86. The summed E-state index contributed by atoms with van der Waals surface area (Å²) in [4.78, 5) is 11.1. The normalized spacial score (nSPS) is 17.5. The number of carbonyl (C=O) groups is 1. The molecule has 1 N–H and O–H groups in total. The first-order chi connectivity index (χ1) is 7.08. The summed E-state index contributed by atoms with van der Waals surface area (Å²) >= 11 is 11.7. The molecule has 0 aliphatic heterocycles. The molecule has 0 bridgehead atoms. The molecule has 1 aromatic rings. The highest BCUT2D eigenvalue weighted by molar-refractivity contribution is 6.34. The molecule has 1 atom stereocenters. The van der Waals surface area contributed by atoms with E-state index in [1.54, 1.807) is 18.2 Å². The minimum absolute atomic E-state index is 0.247. The van der Waals surface area contributed by atoms with Crippen LogP contribution in [0.4, 0.5) is 0 Å². The minimum Gasteiger partial charge on any atom is -0.481 e. The van der Waals surface area contributed by atoms with E-state index < -0.39 is 11.9 Å². The topological polar surface area (TPSA) is 37.3 Å². The summed E-state index contributed by atoms with van der Waals surface area (Å²) in [6, 6.07) is 4.98. The maximum Gasteiger partial charge on any atom is 0.311 e. The zero-order valence-electron chi connectivity index (χ0n) is 7.91. The van der Waals surface area contributed by atoms with Crippen LogP contribution < -0.4 is 0 Å². The van der Waals surface area contributed by atoms with Gasteiger partial charge >= 0.3 is 5.97 Å². The van der Waals surface area contributed by atoms with E-state index in [-0.39, 0.29) is 5.92 Å². The molecule has 0 saturated heterocycles. The van der Waals surface area contributed by atoms with E-state index in [1.165, 1.54) is 0 Å². The van der Waals surface area contributed by atoms with Gasteiger partial charge in [0.1, 0.15) is 0 Å². The van der Waals surface area contributed by atoms with Crippen molar-refractivity contribution in [3.05, 3.63) is 33.8 Å². The Kier molecular flexibility index (Phi) is 2.89. The van der Waals surface area contributed by atoms with E-state index in [0.717, 1.165) is 12.8 Å². The molecule has 0 radical (unpaired) electrons. The smallest absolute Gasteiger partial charge is 0.311 e.